The molecule has 0 atom stereocenters. The summed E-state index contributed by atoms with van der Waals surface area (Å²) in [6, 6.07) is 3.48. The lowest BCUT2D eigenvalue weighted by Crippen LogP contribution is -2.60. The fourth-order valence-electron chi connectivity index (χ4n) is 3.09. The van der Waals surface area contributed by atoms with Gasteiger partial charge in [0.15, 0.2) is 5.60 Å². The number of halogens is 4. The first-order chi connectivity index (χ1) is 13.5. The van der Waals surface area contributed by atoms with Gasteiger partial charge in [-0.15, -0.1) is 0 Å². The minimum atomic E-state index is -4.46. The summed E-state index contributed by atoms with van der Waals surface area (Å²) in [6.07, 6.45) is -3.64. The van der Waals surface area contributed by atoms with Crippen LogP contribution in [-0.4, -0.2) is 38.5 Å². The molecule has 0 unspecified atom stereocenters. The Hall–Kier alpha value is -1.82. The molecule has 0 bridgehead atoms. The number of hydrogen-bond donors (Lipinski definition) is 2. The van der Waals surface area contributed by atoms with E-state index >= 15 is 0 Å². The molecule has 7 nitrogen and oxygen atoms in total. The molecule has 1 aromatic heterocycles. The van der Waals surface area contributed by atoms with E-state index in [1.165, 1.54) is 24.5 Å². The van der Waals surface area contributed by atoms with Crippen LogP contribution in [0.3, 0.4) is 0 Å². The number of hydrogen-bond acceptors (Lipinski definition) is 6. The minimum absolute atomic E-state index is 0.00605. The van der Waals surface area contributed by atoms with Crippen LogP contribution in [0.5, 0.6) is 0 Å². The topological polar surface area (TPSA) is 93.5 Å². The first kappa shape index (κ1) is 21.9. The quantitative estimate of drug-likeness (QED) is 0.665. The third-order valence-corrected chi connectivity index (χ3v) is 6.68. The zero-order valence-electron chi connectivity index (χ0n) is 15.5. The van der Waals surface area contributed by atoms with Crippen LogP contribution in [0.4, 0.5) is 18.9 Å². The Bertz CT molecular complexity index is 988. The van der Waals surface area contributed by atoms with Crippen LogP contribution in [-0.2, 0) is 21.3 Å². The molecule has 2 aromatic rings. The molecule has 0 aliphatic heterocycles. The number of nitrogens with one attached hydrogen (secondary N) is 2. The molecule has 0 spiro atoms. The van der Waals surface area contributed by atoms with Crippen LogP contribution in [0, 0.1) is 6.92 Å². The smallest absolute Gasteiger partial charge is 0.381 e. The number of sulfonamides is 1. The molecule has 1 heterocycles. The van der Waals surface area contributed by atoms with Gasteiger partial charge >= 0.3 is 6.18 Å². The minimum Gasteiger partial charge on any atom is -0.381 e. The third-order valence-electron chi connectivity index (χ3n) is 4.97. The molecular weight excluding hydrogens is 435 g/mol. The molecule has 29 heavy (non-hydrogen) atoms. The van der Waals surface area contributed by atoms with E-state index in [9.17, 15) is 21.6 Å². The van der Waals surface area contributed by atoms with Crippen LogP contribution >= 0.6 is 11.6 Å². The number of benzene rings is 1. The second-order valence-corrected chi connectivity index (χ2v) is 9.01. The first-order valence-electron chi connectivity index (χ1n) is 8.55. The normalized spacial score (nSPS) is 22.3. The maximum Gasteiger partial charge on any atom is 0.417 e. The molecule has 0 amide bonds. The van der Waals surface area contributed by atoms with Crippen molar-refractivity contribution in [3.8, 4) is 0 Å². The molecule has 1 aliphatic carbocycles. The summed E-state index contributed by atoms with van der Waals surface area (Å²) in [7, 11) is -2.82. The van der Waals surface area contributed by atoms with E-state index in [4.69, 9.17) is 16.1 Å². The highest BCUT2D eigenvalue weighted by Gasteiger charge is 2.63. The fourth-order valence-corrected chi connectivity index (χ4v) is 4.42. The van der Waals surface area contributed by atoms with Crippen molar-refractivity contribution in [3.05, 3.63) is 40.7 Å². The summed E-state index contributed by atoms with van der Waals surface area (Å²) in [5, 5.41) is 6.65. The lowest BCUT2D eigenvalue weighted by atomic mass is 9.74. The predicted octanol–water partition coefficient (Wildman–Crippen LogP) is 3.64. The van der Waals surface area contributed by atoms with Gasteiger partial charge in [0, 0.05) is 38.1 Å². The van der Waals surface area contributed by atoms with E-state index < -0.39 is 27.8 Å². The predicted molar refractivity (Wildman–Crippen MR) is 99.2 cm³/mol. The van der Waals surface area contributed by atoms with Crippen molar-refractivity contribution in [2.45, 2.75) is 49.0 Å². The standard InChI is InChI=1S/C17H19ClF3N3O4S/c1-10-11(9-28-24-10)8-22-29(25,26)13-3-4-15(14(18)5-13)23-12-6-16(7-12,27-2)17(19,20)21/h3-5,9,12,22-23H,6-8H2,1-2H3. The Morgan fingerprint density at radius 1 is 1.38 bits per heavy atom. The number of nitrogens with zero attached hydrogens (tertiary/aromatic N) is 1. The summed E-state index contributed by atoms with van der Waals surface area (Å²) in [4.78, 5) is -0.0719. The highest BCUT2D eigenvalue weighted by atomic mass is 35.5. The van der Waals surface area contributed by atoms with Crippen molar-refractivity contribution >= 4 is 27.3 Å². The molecule has 1 aliphatic rings. The molecule has 2 N–H and O–H groups in total. The van der Waals surface area contributed by atoms with Gasteiger partial charge in [0.05, 0.1) is 21.3 Å². The van der Waals surface area contributed by atoms with E-state index in [1.807, 2.05) is 0 Å². The van der Waals surface area contributed by atoms with Crippen LogP contribution < -0.4 is 10.0 Å². The Balaban J connectivity index is 1.65. The third kappa shape index (κ3) is 4.37. The average Bonchev–Trinajstić information content (AvgIpc) is 3.01. The van der Waals surface area contributed by atoms with E-state index in [0.717, 1.165) is 7.11 Å². The Kier molecular flexibility index (Phi) is 5.87. The highest BCUT2D eigenvalue weighted by molar-refractivity contribution is 7.89. The summed E-state index contributed by atoms with van der Waals surface area (Å²) < 4.78 is 75.9. The van der Waals surface area contributed by atoms with Crippen molar-refractivity contribution in [3.63, 3.8) is 0 Å². The number of methoxy groups -OCH3 is 1. The van der Waals surface area contributed by atoms with Crippen LogP contribution in [0.1, 0.15) is 24.1 Å². The van der Waals surface area contributed by atoms with E-state index in [-0.39, 0.29) is 29.3 Å². The average molecular weight is 454 g/mol. The Labute approximate surface area is 170 Å². The number of anilines is 1. The van der Waals surface area contributed by atoms with E-state index in [1.54, 1.807) is 6.92 Å². The van der Waals surface area contributed by atoms with Gasteiger partial charge in [-0.2, -0.15) is 13.2 Å². The largest absolute Gasteiger partial charge is 0.417 e. The molecule has 1 fully saturated rings. The molecule has 0 radical (unpaired) electrons. The maximum atomic E-state index is 13.1. The summed E-state index contributed by atoms with van der Waals surface area (Å²) in [5.41, 5.74) is -0.659. The molecule has 12 heteroatoms. The van der Waals surface area contributed by atoms with Crippen LogP contribution in [0.15, 0.2) is 33.9 Å². The van der Waals surface area contributed by atoms with Gasteiger partial charge in [0.1, 0.15) is 6.26 Å². The van der Waals surface area contributed by atoms with E-state index in [0.29, 0.717) is 16.9 Å². The summed E-state index contributed by atoms with van der Waals surface area (Å²) in [5.74, 6) is 0. The molecule has 160 valence electrons. The number of ether oxygens (including phenoxy) is 1. The monoisotopic (exact) mass is 453 g/mol. The molecule has 1 saturated carbocycles. The fraction of sp³-hybridized carbons (Fsp3) is 0.471. The van der Waals surface area contributed by atoms with Gasteiger partial charge in [-0.05, 0) is 25.1 Å². The Morgan fingerprint density at radius 2 is 2.07 bits per heavy atom. The summed E-state index contributed by atoms with van der Waals surface area (Å²) >= 11 is 6.15. The summed E-state index contributed by atoms with van der Waals surface area (Å²) in [6.45, 7) is 1.68. The van der Waals surface area contributed by atoms with Gasteiger partial charge < -0.3 is 14.6 Å². The van der Waals surface area contributed by atoms with Crippen molar-refractivity contribution < 1.29 is 30.8 Å². The maximum absolute atomic E-state index is 13.1. The zero-order valence-corrected chi connectivity index (χ0v) is 17.1. The molecular formula is C17H19ClF3N3O4S. The molecule has 1 aromatic carbocycles. The van der Waals surface area contributed by atoms with Gasteiger partial charge in [0.2, 0.25) is 10.0 Å². The molecule has 3 rings (SSSR count). The van der Waals surface area contributed by atoms with Crippen LogP contribution in [0.2, 0.25) is 5.02 Å². The van der Waals surface area contributed by atoms with Crippen molar-refractivity contribution in [2.75, 3.05) is 12.4 Å². The lowest BCUT2D eigenvalue weighted by molar-refractivity contribution is -0.298. The van der Waals surface area contributed by atoms with Crippen molar-refractivity contribution in [1.29, 1.82) is 0 Å². The second-order valence-electron chi connectivity index (χ2n) is 6.84. The van der Waals surface area contributed by atoms with Crippen molar-refractivity contribution in [1.82, 2.24) is 9.88 Å². The molecule has 0 saturated heterocycles. The van der Waals surface area contributed by atoms with E-state index in [2.05, 4.69) is 19.9 Å². The SMILES string of the molecule is COC1(C(F)(F)F)CC(Nc2ccc(S(=O)(=O)NCc3conc3C)cc2Cl)C1. The zero-order chi connectivity index (χ0) is 21.4. The van der Waals surface area contributed by atoms with Crippen molar-refractivity contribution in [2.24, 2.45) is 0 Å². The van der Waals surface area contributed by atoms with Gasteiger partial charge in [-0.25, -0.2) is 13.1 Å². The van der Waals surface area contributed by atoms with Gasteiger partial charge in [-0.3, -0.25) is 0 Å². The second kappa shape index (κ2) is 7.78. The number of aromatic nitrogens is 1. The lowest BCUT2D eigenvalue weighted by Gasteiger charge is -2.47. The first-order valence-corrected chi connectivity index (χ1v) is 10.4. The number of aryl methyl sites for hydroxylation is 1. The number of rotatable bonds is 7. The van der Waals surface area contributed by atoms with Gasteiger partial charge in [0.25, 0.3) is 0 Å². The number of alkyl halides is 3. The van der Waals surface area contributed by atoms with Crippen LogP contribution in [0.25, 0.3) is 0 Å². The Morgan fingerprint density at radius 3 is 2.59 bits per heavy atom. The highest BCUT2D eigenvalue weighted by Crippen LogP contribution is 2.49. The van der Waals surface area contributed by atoms with Gasteiger partial charge in [-0.1, -0.05) is 16.8 Å².